The zero-order valence-electron chi connectivity index (χ0n) is 16.6. The van der Waals surface area contributed by atoms with Crippen molar-refractivity contribution in [1.82, 2.24) is 25.1 Å². The number of benzene rings is 1. The van der Waals surface area contributed by atoms with Crippen LogP contribution in [-0.2, 0) is 0 Å². The molecule has 3 amide bonds. The molecular formula is C20H29N5O2. The second-order valence-electron chi connectivity index (χ2n) is 7.75. The van der Waals surface area contributed by atoms with E-state index in [4.69, 9.17) is 0 Å². The molecule has 0 saturated carbocycles. The van der Waals surface area contributed by atoms with E-state index in [9.17, 15) is 9.59 Å². The van der Waals surface area contributed by atoms with Crippen molar-refractivity contribution in [1.29, 1.82) is 0 Å². The minimum absolute atomic E-state index is 0.00344. The zero-order chi connectivity index (χ0) is 19.6. The summed E-state index contributed by atoms with van der Waals surface area (Å²) in [7, 11) is 0. The topological polar surface area (TPSA) is 81.3 Å². The first-order chi connectivity index (χ1) is 12.8. The highest BCUT2D eigenvalue weighted by Gasteiger charge is 2.23. The van der Waals surface area contributed by atoms with Crippen LogP contribution >= 0.6 is 0 Å². The van der Waals surface area contributed by atoms with Crippen molar-refractivity contribution in [2.24, 2.45) is 0 Å². The Hall–Kier alpha value is -2.57. The number of amides is 3. The lowest BCUT2D eigenvalue weighted by molar-refractivity contribution is 0.0762. The van der Waals surface area contributed by atoms with Crippen molar-refractivity contribution < 1.29 is 9.59 Å². The molecule has 1 aliphatic heterocycles. The van der Waals surface area contributed by atoms with Crippen LogP contribution in [0.3, 0.4) is 0 Å². The van der Waals surface area contributed by atoms with Crippen LogP contribution in [0, 0.1) is 0 Å². The molecule has 0 unspecified atom stereocenters. The normalized spacial score (nSPS) is 15.5. The fourth-order valence-electron chi connectivity index (χ4n) is 3.28. The van der Waals surface area contributed by atoms with Crippen LogP contribution in [0.2, 0.25) is 0 Å². The number of H-pyrrole nitrogens is 1. The maximum atomic E-state index is 13.0. The van der Waals surface area contributed by atoms with E-state index in [1.165, 1.54) is 0 Å². The average molecular weight is 371 g/mol. The van der Waals surface area contributed by atoms with Crippen LogP contribution < -0.4 is 5.32 Å². The van der Waals surface area contributed by atoms with Crippen LogP contribution in [0.5, 0.6) is 0 Å². The van der Waals surface area contributed by atoms with Gasteiger partial charge in [0.2, 0.25) is 0 Å². The van der Waals surface area contributed by atoms with Crippen molar-refractivity contribution in [3.05, 3.63) is 29.6 Å². The molecule has 2 N–H and O–H groups in total. The van der Waals surface area contributed by atoms with Crippen LogP contribution in [-0.4, -0.2) is 63.9 Å². The zero-order valence-corrected chi connectivity index (χ0v) is 16.6. The van der Waals surface area contributed by atoms with Gasteiger partial charge < -0.3 is 20.1 Å². The number of carbonyl (C=O) groups excluding carboxylic acids is 2. The summed E-state index contributed by atoms with van der Waals surface area (Å²) in [4.78, 5) is 36.7. The molecule has 1 fully saturated rings. The number of urea groups is 1. The molecule has 2 heterocycles. The van der Waals surface area contributed by atoms with Crippen LogP contribution in [0.15, 0.2) is 18.2 Å². The third-order valence-corrected chi connectivity index (χ3v) is 4.78. The Morgan fingerprint density at radius 3 is 2.48 bits per heavy atom. The van der Waals surface area contributed by atoms with E-state index >= 15 is 0 Å². The SMILES string of the molecule is CC(C)NC(=O)N1CCCN(C(=O)c2ccc3nc(C(C)C)[nH]c3c2)CC1. The van der Waals surface area contributed by atoms with Crippen LogP contribution in [0.1, 0.15) is 56.2 Å². The first kappa shape index (κ1) is 19.2. The Morgan fingerprint density at radius 1 is 1.07 bits per heavy atom. The highest BCUT2D eigenvalue weighted by atomic mass is 16.2. The molecule has 0 bridgehead atoms. The molecule has 2 aromatic rings. The Balaban J connectivity index is 1.70. The molecule has 1 aromatic carbocycles. The third-order valence-electron chi connectivity index (χ3n) is 4.78. The first-order valence-corrected chi connectivity index (χ1v) is 9.69. The number of aromatic nitrogens is 2. The number of aromatic amines is 1. The van der Waals surface area contributed by atoms with Crippen LogP contribution in [0.25, 0.3) is 11.0 Å². The number of nitrogens with one attached hydrogen (secondary N) is 2. The van der Waals surface area contributed by atoms with Gasteiger partial charge in [0.25, 0.3) is 5.91 Å². The maximum absolute atomic E-state index is 13.0. The molecule has 7 nitrogen and oxygen atoms in total. The minimum Gasteiger partial charge on any atom is -0.342 e. The Bertz CT molecular complexity index is 827. The van der Waals surface area contributed by atoms with Crippen molar-refractivity contribution in [3.63, 3.8) is 0 Å². The van der Waals surface area contributed by atoms with Gasteiger partial charge in [-0.15, -0.1) is 0 Å². The van der Waals surface area contributed by atoms with E-state index in [2.05, 4.69) is 29.1 Å². The Morgan fingerprint density at radius 2 is 1.78 bits per heavy atom. The van der Waals surface area contributed by atoms with Gasteiger partial charge in [0.15, 0.2) is 0 Å². The lowest BCUT2D eigenvalue weighted by Crippen LogP contribution is -2.44. The summed E-state index contributed by atoms with van der Waals surface area (Å²) in [6, 6.07) is 5.66. The molecule has 0 radical (unpaired) electrons. The molecule has 1 saturated heterocycles. The largest absolute Gasteiger partial charge is 0.342 e. The highest BCUT2D eigenvalue weighted by Crippen LogP contribution is 2.19. The van der Waals surface area contributed by atoms with E-state index in [1.54, 1.807) is 4.90 Å². The van der Waals surface area contributed by atoms with Gasteiger partial charge in [-0.05, 0) is 38.5 Å². The Labute approximate surface area is 160 Å². The van der Waals surface area contributed by atoms with Crippen molar-refractivity contribution >= 4 is 23.0 Å². The number of rotatable bonds is 3. The number of hydrogen-bond donors (Lipinski definition) is 2. The summed E-state index contributed by atoms with van der Waals surface area (Å²) >= 11 is 0. The second kappa shape index (κ2) is 7.98. The summed E-state index contributed by atoms with van der Waals surface area (Å²) in [6.45, 7) is 10.5. The van der Waals surface area contributed by atoms with Crippen LogP contribution in [0.4, 0.5) is 4.79 Å². The first-order valence-electron chi connectivity index (χ1n) is 9.69. The third kappa shape index (κ3) is 4.40. The summed E-state index contributed by atoms with van der Waals surface area (Å²) in [5.74, 6) is 1.24. The number of imidazole rings is 1. The molecular weight excluding hydrogens is 342 g/mol. The fourth-order valence-corrected chi connectivity index (χ4v) is 3.28. The van der Waals surface area contributed by atoms with E-state index in [-0.39, 0.29) is 18.0 Å². The van der Waals surface area contributed by atoms with E-state index in [0.717, 1.165) is 23.3 Å². The lowest BCUT2D eigenvalue weighted by Gasteiger charge is -2.23. The summed E-state index contributed by atoms with van der Waals surface area (Å²) in [6.07, 6.45) is 0.779. The monoisotopic (exact) mass is 371 g/mol. The molecule has 0 aliphatic carbocycles. The smallest absolute Gasteiger partial charge is 0.317 e. The molecule has 146 valence electrons. The van der Waals surface area contributed by atoms with E-state index < -0.39 is 0 Å². The lowest BCUT2D eigenvalue weighted by atomic mass is 10.1. The summed E-state index contributed by atoms with van der Waals surface area (Å²) in [5, 5.41) is 2.92. The number of nitrogens with zero attached hydrogens (tertiary/aromatic N) is 3. The van der Waals surface area contributed by atoms with Gasteiger partial charge in [-0.25, -0.2) is 9.78 Å². The molecule has 3 rings (SSSR count). The number of hydrogen-bond acceptors (Lipinski definition) is 3. The molecule has 1 aromatic heterocycles. The molecule has 1 aliphatic rings. The van der Waals surface area contributed by atoms with E-state index in [1.807, 2.05) is 36.9 Å². The fraction of sp³-hybridized carbons (Fsp3) is 0.550. The molecule has 0 spiro atoms. The summed E-state index contributed by atoms with van der Waals surface area (Å²) < 4.78 is 0. The highest BCUT2D eigenvalue weighted by molar-refractivity contribution is 5.97. The van der Waals surface area contributed by atoms with Crippen molar-refractivity contribution in [3.8, 4) is 0 Å². The van der Waals surface area contributed by atoms with E-state index in [0.29, 0.717) is 37.7 Å². The van der Waals surface area contributed by atoms with Gasteiger partial charge in [0.05, 0.1) is 11.0 Å². The summed E-state index contributed by atoms with van der Waals surface area (Å²) in [5.41, 5.74) is 2.42. The molecule has 0 atom stereocenters. The number of fused-ring (bicyclic) bond motifs is 1. The predicted molar refractivity (Wildman–Crippen MR) is 106 cm³/mol. The van der Waals surface area contributed by atoms with Crippen molar-refractivity contribution in [2.45, 2.75) is 46.1 Å². The van der Waals surface area contributed by atoms with Gasteiger partial charge in [-0.1, -0.05) is 13.8 Å². The van der Waals surface area contributed by atoms with Gasteiger partial charge in [0.1, 0.15) is 5.82 Å². The average Bonchev–Trinajstić information content (AvgIpc) is 2.89. The number of carbonyl (C=O) groups is 2. The van der Waals surface area contributed by atoms with Gasteiger partial charge in [0, 0.05) is 43.7 Å². The predicted octanol–water partition coefficient (Wildman–Crippen LogP) is 2.95. The Kier molecular flexibility index (Phi) is 5.68. The molecule has 27 heavy (non-hydrogen) atoms. The van der Waals surface area contributed by atoms with Crippen molar-refractivity contribution in [2.75, 3.05) is 26.2 Å². The van der Waals surface area contributed by atoms with Gasteiger partial charge >= 0.3 is 6.03 Å². The molecule has 7 heteroatoms. The minimum atomic E-state index is -0.0561. The quantitative estimate of drug-likeness (QED) is 0.870. The maximum Gasteiger partial charge on any atom is 0.317 e. The second-order valence-corrected chi connectivity index (χ2v) is 7.75. The van der Waals surface area contributed by atoms with Gasteiger partial charge in [-0.3, -0.25) is 4.79 Å². The van der Waals surface area contributed by atoms with Gasteiger partial charge in [-0.2, -0.15) is 0 Å². The standard InChI is InChI=1S/C20H29N5O2/c1-13(2)18-22-16-7-6-15(12-17(16)23-18)19(26)24-8-5-9-25(11-10-24)20(27)21-14(3)4/h6-7,12-14H,5,8-11H2,1-4H3,(H,21,27)(H,22,23).